The van der Waals surface area contributed by atoms with Gasteiger partial charge in [-0.2, -0.15) is 0 Å². The summed E-state index contributed by atoms with van der Waals surface area (Å²) in [4.78, 5) is 11.1. The maximum absolute atomic E-state index is 11.1. The van der Waals surface area contributed by atoms with Crippen molar-refractivity contribution in [2.75, 3.05) is 14.2 Å². The highest BCUT2D eigenvalue weighted by atomic mass is 35.5. The maximum Gasteiger partial charge on any atom is 0.308 e. The zero-order chi connectivity index (χ0) is 8.97. The first-order chi connectivity index (χ1) is 5.77. The van der Waals surface area contributed by atoms with Gasteiger partial charge < -0.3 is 10.1 Å². The minimum absolute atomic E-state index is 0. The Kier molecular flexibility index (Phi) is 6.08. The predicted octanol–water partition coefficient (Wildman–Crippen LogP) is 1.36. The number of hydrogen-bond acceptors (Lipinski definition) is 3. The smallest absolute Gasteiger partial charge is 0.308 e. The average molecular weight is 208 g/mol. The third-order valence-electron chi connectivity index (χ3n) is 2.67. The minimum atomic E-state index is -0.0375. The summed E-state index contributed by atoms with van der Waals surface area (Å²) >= 11 is 0. The van der Waals surface area contributed by atoms with Crippen LogP contribution in [0.4, 0.5) is 0 Å². The molecule has 0 aliphatic heterocycles. The average Bonchev–Trinajstić information content (AvgIpc) is 2.17. The summed E-state index contributed by atoms with van der Waals surface area (Å²) in [5.41, 5.74) is 0. The second-order valence-electron chi connectivity index (χ2n) is 3.36. The van der Waals surface area contributed by atoms with Crippen LogP contribution in [0.1, 0.15) is 25.7 Å². The third-order valence-corrected chi connectivity index (χ3v) is 2.67. The van der Waals surface area contributed by atoms with Crippen molar-refractivity contribution in [1.29, 1.82) is 0 Å². The molecule has 0 amide bonds. The monoisotopic (exact) mass is 207 g/mol. The van der Waals surface area contributed by atoms with Crippen molar-refractivity contribution in [1.82, 2.24) is 5.32 Å². The summed E-state index contributed by atoms with van der Waals surface area (Å²) in [5.74, 6) is 0.115. The molecule has 1 N–H and O–H groups in total. The van der Waals surface area contributed by atoms with E-state index in [9.17, 15) is 4.79 Å². The SMILES string of the molecule is CNC1CCC(C(=O)OC)CC1.Cl. The van der Waals surface area contributed by atoms with Gasteiger partial charge in [-0.3, -0.25) is 4.79 Å². The molecule has 1 saturated carbocycles. The van der Waals surface area contributed by atoms with E-state index in [0.717, 1.165) is 25.7 Å². The van der Waals surface area contributed by atoms with E-state index in [4.69, 9.17) is 4.74 Å². The molecule has 0 heterocycles. The first kappa shape index (κ1) is 12.7. The molecule has 4 heteroatoms. The molecule has 0 aromatic carbocycles. The van der Waals surface area contributed by atoms with Crippen molar-refractivity contribution in [3.8, 4) is 0 Å². The highest BCUT2D eigenvalue weighted by molar-refractivity contribution is 5.85. The molecule has 1 fully saturated rings. The molecule has 0 radical (unpaired) electrons. The molecule has 3 nitrogen and oxygen atoms in total. The summed E-state index contributed by atoms with van der Waals surface area (Å²) in [6.07, 6.45) is 4.13. The fourth-order valence-corrected chi connectivity index (χ4v) is 1.78. The Morgan fingerprint density at radius 3 is 2.23 bits per heavy atom. The lowest BCUT2D eigenvalue weighted by atomic mass is 9.86. The fraction of sp³-hybridized carbons (Fsp3) is 0.889. The highest BCUT2D eigenvalue weighted by Crippen LogP contribution is 2.24. The Morgan fingerprint density at radius 1 is 1.31 bits per heavy atom. The first-order valence-electron chi connectivity index (χ1n) is 4.53. The van der Waals surface area contributed by atoms with Gasteiger partial charge in [-0.05, 0) is 32.7 Å². The fourth-order valence-electron chi connectivity index (χ4n) is 1.78. The van der Waals surface area contributed by atoms with E-state index in [0.29, 0.717) is 6.04 Å². The number of rotatable bonds is 2. The summed E-state index contributed by atoms with van der Waals surface area (Å²) in [7, 11) is 3.44. The van der Waals surface area contributed by atoms with Crippen LogP contribution in [0.25, 0.3) is 0 Å². The second kappa shape index (κ2) is 6.22. The quantitative estimate of drug-likeness (QED) is 0.695. The summed E-state index contributed by atoms with van der Waals surface area (Å²) in [6.45, 7) is 0. The van der Waals surface area contributed by atoms with Crippen LogP contribution in [-0.4, -0.2) is 26.2 Å². The van der Waals surface area contributed by atoms with Crippen LogP contribution in [0.5, 0.6) is 0 Å². The third kappa shape index (κ3) is 3.53. The molecular formula is C9H18ClNO2. The van der Waals surface area contributed by atoms with Crippen molar-refractivity contribution in [3.05, 3.63) is 0 Å². The summed E-state index contributed by atoms with van der Waals surface area (Å²) in [5, 5.41) is 3.23. The number of nitrogens with one attached hydrogen (secondary N) is 1. The summed E-state index contributed by atoms with van der Waals surface area (Å²) in [6, 6.07) is 0.603. The van der Waals surface area contributed by atoms with Gasteiger partial charge in [-0.15, -0.1) is 12.4 Å². The topological polar surface area (TPSA) is 38.3 Å². The Balaban J connectivity index is 0.00000144. The van der Waals surface area contributed by atoms with E-state index >= 15 is 0 Å². The molecule has 1 aliphatic carbocycles. The number of carbonyl (C=O) groups excluding carboxylic acids is 1. The normalized spacial score (nSPS) is 27.5. The Labute approximate surface area is 85.6 Å². The zero-order valence-electron chi connectivity index (χ0n) is 8.21. The lowest BCUT2D eigenvalue weighted by Gasteiger charge is -2.26. The molecule has 0 aromatic rings. The van der Waals surface area contributed by atoms with Gasteiger partial charge in [0.25, 0.3) is 0 Å². The van der Waals surface area contributed by atoms with Crippen molar-refractivity contribution >= 4 is 18.4 Å². The number of methoxy groups -OCH3 is 1. The molecule has 1 aliphatic rings. The van der Waals surface area contributed by atoms with E-state index in [1.165, 1.54) is 7.11 Å². The van der Waals surface area contributed by atoms with Crippen molar-refractivity contribution in [2.45, 2.75) is 31.7 Å². The standard InChI is InChI=1S/C9H17NO2.ClH/c1-10-8-5-3-7(4-6-8)9(11)12-2;/h7-8,10H,3-6H2,1-2H3;1H. The molecule has 13 heavy (non-hydrogen) atoms. The van der Waals surface area contributed by atoms with Gasteiger partial charge in [-0.25, -0.2) is 0 Å². The maximum atomic E-state index is 11.1. The van der Waals surface area contributed by atoms with Gasteiger partial charge in [0.15, 0.2) is 0 Å². The van der Waals surface area contributed by atoms with Gasteiger partial charge in [0.1, 0.15) is 0 Å². The highest BCUT2D eigenvalue weighted by Gasteiger charge is 2.25. The van der Waals surface area contributed by atoms with Crippen LogP contribution in [0.3, 0.4) is 0 Å². The van der Waals surface area contributed by atoms with Gasteiger partial charge in [-0.1, -0.05) is 0 Å². The molecule has 0 atom stereocenters. The van der Waals surface area contributed by atoms with Crippen molar-refractivity contribution in [3.63, 3.8) is 0 Å². The molecule has 78 valence electrons. The van der Waals surface area contributed by atoms with Crippen molar-refractivity contribution in [2.24, 2.45) is 5.92 Å². The van der Waals surface area contributed by atoms with Crippen LogP contribution in [-0.2, 0) is 9.53 Å². The van der Waals surface area contributed by atoms with E-state index < -0.39 is 0 Å². The van der Waals surface area contributed by atoms with Crippen LogP contribution >= 0.6 is 12.4 Å². The molecule has 0 saturated heterocycles. The largest absolute Gasteiger partial charge is 0.469 e. The number of hydrogen-bond donors (Lipinski definition) is 1. The van der Waals surface area contributed by atoms with Crippen LogP contribution in [0.2, 0.25) is 0 Å². The van der Waals surface area contributed by atoms with Gasteiger partial charge >= 0.3 is 5.97 Å². The van der Waals surface area contributed by atoms with Gasteiger partial charge in [0.2, 0.25) is 0 Å². The Bertz CT molecular complexity index is 156. The minimum Gasteiger partial charge on any atom is -0.469 e. The molecular weight excluding hydrogens is 190 g/mol. The second-order valence-corrected chi connectivity index (χ2v) is 3.36. The lowest BCUT2D eigenvalue weighted by molar-refractivity contribution is -0.146. The van der Waals surface area contributed by atoms with Crippen LogP contribution in [0, 0.1) is 5.92 Å². The number of carbonyl (C=O) groups is 1. The Morgan fingerprint density at radius 2 is 1.85 bits per heavy atom. The number of esters is 1. The van der Waals surface area contributed by atoms with E-state index in [-0.39, 0.29) is 24.3 Å². The molecule has 0 bridgehead atoms. The van der Waals surface area contributed by atoms with Gasteiger partial charge in [0, 0.05) is 6.04 Å². The first-order valence-corrected chi connectivity index (χ1v) is 4.53. The molecule has 0 aromatic heterocycles. The molecule has 0 unspecified atom stereocenters. The van der Waals surface area contributed by atoms with E-state index in [2.05, 4.69) is 5.32 Å². The summed E-state index contributed by atoms with van der Waals surface area (Å²) < 4.78 is 4.70. The van der Waals surface area contributed by atoms with Crippen LogP contribution in [0.15, 0.2) is 0 Å². The van der Waals surface area contributed by atoms with E-state index in [1.807, 2.05) is 7.05 Å². The molecule has 0 spiro atoms. The zero-order valence-corrected chi connectivity index (χ0v) is 9.02. The Hall–Kier alpha value is -0.280. The van der Waals surface area contributed by atoms with Crippen LogP contribution < -0.4 is 5.32 Å². The van der Waals surface area contributed by atoms with Crippen molar-refractivity contribution < 1.29 is 9.53 Å². The predicted molar refractivity (Wildman–Crippen MR) is 54.1 cm³/mol. The van der Waals surface area contributed by atoms with E-state index in [1.54, 1.807) is 0 Å². The number of ether oxygens (including phenoxy) is 1. The van der Waals surface area contributed by atoms with Gasteiger partial charge in [0.05, 0.1) is 13.0 Å². The lowest BCUT2D eigenvalue weighted by Crippen LogP contribution is -2.32. The number of halogens is 1. The molecule has 1 rings (SSSR count).